The zero-order valence-corrected chi connectivity index (χ0v) is 13.2. The summed E-state index contributed by atoms with van der Waals surface area (Å²) in [7, 11) is -3.44. The monoisotopic (exact) mass is 324 g/mol. The largest absolute Gasteiger partial charge is 0.377 e. The van der Waals surface area contributed by atoms with E-state index in [1.165, 1.54) is 12.1 Å². The van der Waals surface area contributed by atoms with Gasteiger partial charge in [-0.15, -0.1) is 0 Å². The van der Waals surface area contributed by atoms with Gasteiger partial charge in [0, 0.05) is 29.6 Å². The van der Waals surface area contributed by atoms with E-state index >= 15 is 0 Å². The van der Waals surface area contributed by atoms with E-state index in [9.17, 15) is 12.8 Å². The number of ether oxygens (including phenoxy) is 1. The highest BCUT2D eigenvalue weighted by Gasteiger charge is 2.24. The first-order valence-corrected chi connectivity index (χ1v) is 8.91. The fourth-order valence-electron chi connectivity index (χ4n) is 2.78. The number of benzene rings is 1. The van der Waals surface area contributed by atoms with Crippen LogP contribution in [-0.4, -0.2) is 45.5 Å². The third-order valence-electron chi connectivity index (χ3n) is 3.82. The maximum absolute atomic E-state index is 14.0. The number of sulfone groups is 1. The average molecular weight is 324 g/mol. The van der Waals surface area contributed by atoms with Crippen molar-refractivity contribution in [2.24, 2.45) is 0 Å². The lowest BCUT2D eigenvalue weighted by molar-refractivity contribution is 0.0986. The third kappa shape index (κ3) is 2.66. The molecule has 1 atom stereocenters. The Morgan fingerprint density at radius 1 is 1.36 bits per heavy atom. The summed E-state index contributed by atoms with van der Waals surface area (Å²) in [5, 5.41) is 1.00. The highest BCUT2D eigenvalue weighted by Crippen LogP contribution is 2.31. The number of morpholine rings is 1. The SMILES string of the molecule is C[C@@H]1COCCN1c1nc(F)cc2c(S(C)(=O)=O)cccc12. The molecule has 1 aromatic carbocycles. The van der Waals surface area contributed by atoms with Crippen LogP contribution in [0.25, 0.3) is 10.8 Å². The summed E-state index contributed by atoms with van der Waals surface area (Å²) in [6.07, 6.45) is 1.12. The second-order valence-electron chi connectivity index (χ2n) is 5.51. The molecule has 5 nitrogen and oxygen atoms in total. The minimum atomic E-state index is -3.44. The molecule has 0 radical (unpaired) electrons. The van der Waals surface area contributed by atoms with Gasteiger partial charge in [0.2, 0.25) is 5.95 Å². The third-order valence-corrected chi connectivity index (χ3v) is 4.98. The summed E-state index contributed by atoms with van der Waals surface area (Å²) in [4.78, 5) is 6.09. The van der Waals surface area contributed by atoms with Gasteiger partial charge in [0.05, 0.1) is 24.2 Å². The van der Waals surface area contributed by atoms with Crippen molar-refractivity contribution < 1.29 is 17.5 Å². The Morgan fingerprint density at radius 2 is 2.14 bits per heavy atom. The number of aromatic nitrogens is 1. The second kappa shape index (κ2) is 5.48. The van der Waals surface area contributed by atoms with Crippen LogP contribution in [0.1, 0.15) is 6.92 Å². The number of hydrogen-bond acceptors (Lipinski definition) is 5. The predicted octanol–water partition coefficient (Wildman–Crippen LogP) is 2.00. The van der Waals surface area contributed by atoms with Crippen LogP contribution in [0.4, 0.5) is 10.2 Å². The minimum absolute atomic E-state index is 0.0492. The second-order valence-corrected chi connectivity index (χ2v) is 7.49. The van der Waals surface area contributed by atoms with Crippen molar-refractivity contribution in [3.05, 3.63) is 30.2 Å². The van der Waals surface area contributed by atoms with E-state index < -0.39 is 15.8 Å². The van der Waals surface area contributed by atoms with E-state index in [0.29, 0.717) is 36.3 Å². The van der Waals surface area contributed by atoms with Crippen LogP contribution >= 0.6 is 0 Å². The maximum atomic E-state index is 14.0. The lowest BCUT2D eigenvalue weighted by atomic mass is 10.1. The summed E-state index contributed by atoms with van der Waals surface area (Å²) in [5.74, 6) is -0.214. The van der Waals surface area contributed by atoms with Gasteiger partial charge in [-0.25, -0.2) is 13.4 Å². The van der Waals surface area contributed by atoms with Crippen molar-refractivity contribution in [3.63, 3.8) is 0 Å². The Balaban J connectivity index is 2.28. The normalized spacial score (nSPS) is 19.6. The van der Waals surface area contributed by atoms with Gasteiger partial charge in [-0.3, -0.25) is 0 Å². The van der Waals surface area contributed by atoms with E-state index in [0.717, 1.165) is 6.26 Å². The van der Waals surface area contributed by atoms with Crippen LogP contribution in [0.3, 0.4) is 0 Å². The first kappa shape index (κ1) is 15.2. The van der Waals surface area contributed by atoms with E-state index in [1.54, 1.807) is 12.1 Å². The van der Waals surface area contributed by atoms with Crippen LogP contribution in [0.15, 0.2) is 29.2 Å². The lowest BCUT2D eigenvalue weighted by Gasteiger charge is -2.35. The van der Waals surface area contributed by atoms with Gasteiger partial charge in [0.15, 0.2) is 9.84 Å². The van der Waals surface area contributed by atoms with Gasteiger partial charge in [-0.1, -0.05) is 12.1 Å². The summed E-state index contributed by atoms with van der Waals surface area (Å²) in [5.41, 5.74) is 0. The summed E-state index contributed by atoms with van der Waals surface area (Å²) < 4.78 is 43.2. The van der Waals surface area contributed by atoms with Crippen molar-refractivity contribution in [2.45, 2.75) is 17.9 Å². The fraction of sp³-hybridized carbons (Fsp3) is 0.400. The molecule has 2 heterocycles. The molecule has 0 saturated carbocycles. The van der Waals surface area contributed by atoms with Crippen molar-refractivity contribution in [1.82, 2.24) is 4.98 Å². The molecule has 1 aliphatic rings. The van der Waals surface area contributed by atoms with Gasteiger partial charge < -0.3 is 9.64 Å². The molecule has 3 rings (SSSR count). The molecular weight excluding hydrogens is 307 g/mol. The Morgan fingerprint density at radius 3 is 2.82 bits per heavy atom. The Kier molecular flexibility index (Phi) is 3.78. The zero-order valence-electron chi connectivity index (χ0n) is 12.4. The summed E-state index contributed by atoms with van der Waals surface area (Å²) >= 11 is 0. The van der Waals surface area contributed by atoms with E-state index in [4.69, 9.17) is 4.74 Å². The van der Waals surface area contributed by atoms with Crippen LogP contribution in [0.5, 0.6) is 0 Å². The van der Waals surface area contributed by atoms with Crippen LogP contribution in [-0.2, 0) is 14.6 Å². The quantitative estimate of drug-likeness (QED) is 0.791. The Hall–Kier alpha value is -1.73. The molecule has 0 bridgehead atoms. The maximum Gasteiger partial charge on any atom is 0.215 e. The summed E-state index contributed by atoms with van der Waals surface area (Å²) in [6, 6.07) is 6.15. The fourth-order valence-corrected chi connectivity index (χ4v) is 3.68. The molecule has 22 heavy (non-hydrogen) atoms. The molecule has 1 fully saturated rings. The molecule has 2 aromatic rings. The number of halogens is 1. The number of fused-ring (bicyclic) bond motifs is 1. The molecule has 1 aliphatic heterocycles. The predicted molar refractivity (Wildman–Crippen MR) is 82.4 cm³/mol. The van der Waals surface area contributed by atoms with Gasteiger partial charge in [-0.05, 0) is 13.0 Å². The highest BCUT2D eigenvalue weighted by atomic mass is 32.2. The highest BCUT2D eigenvalue weighted by molar-refractivity contribution is 7.91. The van der Waals surface area contributed by atoms with Crippen molar-refractivity contribution in [2.75, 3.05) is 30.9 Å². The van der Waals surface area contributed by atoms with E-state index in [2.05, 4.69) is 4.98 Å². The van der Waals surface area contributed by atoms with Crippen LogP contribution in [0, 0.1) is 5.95 Å². The van der Waals surface area contributed by atoms with E-state index in [-0.39, 0.29) is 10.9 Å². The first-order chi connectivity index (χ1) is 10.4. The molecule has 0 unspecified atom stereocenters. The molecule has 0 aliphatic carbocycles. The van der Waals surface area contributed by atoms with Crippen LogP contribution in [0.2, 0.25) is 0 Å². The van der Waals surface area contributed by atoms with Crippen LogP contribution < -0.4 is 4.90 Å². The molecule has 7 heteroatoms. The number of nitrogens with zero attached hydrogens (tertiary/aromatic N) is 2. The molecular formula is C15H17FN2O3S. The average Bonchev–Trinajstić information content (AvgIpc) is 2.45. The van der Waals surface area contributed by atoms with Gasteiger partial charge >= 0.3 is 0 Å². The van der Waals surface area contributed by atoms with Gasteiger partial charge in [0.25, 0.3) is 0 Å². The smallest absolute Gasteiger partial charge is 0.215 e. The van der Waals surface area contributed by atoms with Gasteiger partial charge in [0.1, 0.15) is 5.82 Å². The van der Waals surface area contributed by atoms with Gasteiger partial charge in [-0.2, -0.15) is 4.39 Å². The topological polar surface area (TPSA) is 59.5 Å². The van der Waals surface area contributed by atoms with E-state index in [1.807, 2.05) is 11.8 Å². The minimum Gasteiger partial charge on any atom is -0.377 e. The first-order valence-electron chi connectivity index (χ1n) is 7.01. The number of hydrogen-bond donors (Lipinski definition) is 0. The number of pyridine rings is 1. The number of rotatable bonds is 2. The lowest BCUT2D eigenvalue weighted by Crippen LogP contribution is -2.44. The Labute approximate surface area is 128 Å². The van der Waals surface area contributed by atoms with Crippen molar-refractivity contribution >= 4 is 26.4 Å². The van der Waals surface area contributed by atoms with Crippen molar-refractivity contribution in [3.8, 4) is 0 Å². The zero-order chi connectivity index (χ0) is 15.9. The molecule has 0 N–H and O–H groups in total. The van der Waals surface area contributed by atoms with Crippen molar-refractivity contribution in [1.29, 1.82) is 0 Å². The Bertz CT molecular complexity index is 823. The summed E-state index contributed by atoms with van der Waals surface area (Å²) in [6.45, 7) is 3.63. The standard InChI is InChI=1S/C15H17FN2O3S/c1-10-9-21-7-6-18(10)15-11-4-3-5-13(22(2,19)20)12(11)8-14(16)17-15/h3-5,8,10H,6-7,9H2,1-2H3/t10-/m1/s1. The molecule has 0 amide bonds. The molecule has 1 saturated heterocycles. The molecule has 1 aromatic heterocycles. The number of anilines is 1. The molecule has 0 spiro atoms. The molecule has 118 valence electrons.